The van der Waals surface area contributed by atoms with Gasteiger partial charge in [-0.05, 0) is 37.8 Å². The van der Waals surface area contributed by atoms with E-state index in [1.165, 1.54) is 18.4 Å². The molecule has 0 aliphatic heterocycles. The standard InChI is InChI=1S/C16H22O2/c1-14(18)16-11-8-10-15(13-16)9-6-4-2-3-5-7-12-17/h8,10-13H,2-7,9H2,1H3. The Balaban J connectivity index is 2.21. The van der Waals surface area contributed by atoms with Crippen LogP contribution in [0.15, 0.2) is 24.3 Å². The molecule has 1 aromatic rings. The highest BCUT2D eigenvalue weighted by Gasteiger charge is 2.00. The van der Waals surface area contributed by atoms with Crippen molar-refractivity contribution in [2.75, 3.05) is 0 Å². The Morgan fingerprint density at radius 1 is 1.11 bits per heavy atom. The number of rotatable bonds is 9. The molecule has 0 atom stereocenters. The number of unbranched alkanes of at least 4 members (excludes halogenated alkanes) is 5. The molecule has 0 spiro atoms. The quantitative estimate of drug-likeness (QED) is 0.375. The third-order valence-electron chi connectivity index (χ3n) is 3.12. The molecule has 0 aromatic heterocycles. The maximum absolute atomic E-state index is 11.2. The predicted molar refractivity (Wildman–Crippen MR) is 73.9 cm³/mol. The molecule has 18 heavy (non-hydrogen) atoms. The Morgan fingerprint density at radius 3 is 2.56 bits per heavy atom. The van der Waals surface area contributed by atoms with Gasteiger partial charge in [-0.2, -0.15) is 0 Å². The Hall–Kier alpha value is -1.44. The van der Waals surface area contributed by atoms with E-state index >= 15 is 0 Å². The van der Waals surface area contributed by atoms with Gasteiger partial charge in [0.05, 0.1) is 0 Å². The summed E-state index contributed by atoms with van der Waals surface area (Å²) in [5.74, 6) is 0.130. The number of carbonyl (C=O) groups excluding carboxylic acids is 2. The molecule has 1 aromatic carbocycles. The van der Waals surface area contributed by atoms with Crippen LogP contribution < -0.4 is 0 Å². The van der Waals surface area contributed by atoms with Gasteiger partial charge in [-0.25, -0.2) is 0 Å². The summed E-state index contributed by atoms with van der Waals surface area (Å²) in [6.45, 7) is 1.60. The molecule has 0 amide bonds. The van der Waals surface area contributed by atoms with Crippen molar-refractivity contribution in [3.05, 3.63) is 35.4 Å². The maximum atomic E-state index is 11.2. The Kier molecular flexibility index (Phi) is 7.00. The zero-order chi connectivity index (χ0) is 13.2. The molecular weight excluding hydrogens is 224 g/mol. The summed E-state index contributed by atoms with van der Waals surface area (Å²) in [6.07, 6.45) is 8.43. The van der Waals surface area contributed by atoms with Gasteiger partial charge in [-0.15, -0.1) is 0 Å². The second kappa shape index (κ2) is 8.62. The first-order valence-electron chi connectivity index (χ1n) is 6.77. The van der Waals surface area contributed by atoms with Crippen LogP contribution in [0.1, 0.15) is 61.4 Å². The average molecular weight is 246 g/mol. The van der Waals surface area contributed by atoms with Gasteiger partial charge in [-0.3, -0.25) is 4.79 Å². The fourth-order valence-corrected chi connectivity index (χ4v) is 2.03. The number of Topliss-reactive ketones (excluding diaryl/α,β-unsaturated/α-hetero) is 1. The second-order valence-electron chi connectivity index (χ2n) is 4.73. The molecular formula is C16H22O2. The van der Waals surface area contributed by atoms with Gasteiger partial charge in [0.2, 0.25) is 0 Å². The lowest BCUT2D eigenvalue weighted by molar-refractivity contribution is -0.107. The summed E-state index contributed by atoms with van der Waals surface area (Å²) in [6, 6.07) is 7.90. The lowest BCUT2D eigenvalue weighted by Gasteiger charge is -2.03. The molecule has 0 bridgehead atoms. The molecule has 0 saturated carbocycles. The minimum Gasteiger partial charge on any atom is -0.303 e. The highest BCUT2D eigenvalue weighted by Crippen LogP contribution is 2.11. The average Bonchev–Trinajstić information content (AvgIpc) is 2.38. The van der Waals surface area contributed by atoms with Gasteiger partial charge in [-0.1, -0.05) is 37.5 Å². The summed E-state index contributed by atoms with van der Waals surface area (Å²) in [5, 5.41) is 0. The van der Waals surface area contributed by atoms with E-state index in [0.717, 1.165) is 37.5 Å². The van der Waals surface area contributed by atoms with Gasteiger partial charge >= 0.3 is 0 Å². The van der Waals surface area contributed by atoms with Gasteiger partial charge in [0, 0.05) is 12.0 Å². The fraction of sp³-hybridized carbons (Fsp3) is 0.500. The molecule has 2 nitrogen and oxygen atoms in total. The Morgan fingerprint density at radius 2 is 1.83 bits per heavy atom. The summed E-state index contributed by atoms with van der Waals surface area (Å²) in [4.78, 5) is 21.4. The molecule has 0 fully saturated rings. The van der Waals surface area contributed by atoms with Gasteiger partial charge in [0.15, 0.2) is 5.78 Å². The van der Waals surface area contributed by atoms with Crippen molar-refractivity contribution in [2.24, 2.45) is 0 Å². The Bertz CT molecular complexity index is 382. The van der Waals surface area contributed by atoms with Crippen molar-refractivity contribution >= 4 is 12.1 Å². The third-order valence-corrected chi connectivity index (χ3v) is 3.12. The van der Waals surface area contributed by atoms with E-state index in [4.69, 9.17) is 0 Å². The first-order chi connectivity index (χ1) is 8.74. The van der Waals surface area contributed by atoms with Crippen LogP contribution in [0.2, 0.25) is 0 Å². The number of hydrogen-bond donors (Lipinski definition) is 0. The first kappa shape index (κ1) is 14.6. The lowest BCUT2D eigenvalue weighted by atomic mass is 10.0. The smallest absolute Gasteiger partial charge is 0.159 e. The SMILES string of the molecule is CC(=O)c1cccc(CCCCCCCC=O)c1. The van der Waals surface area contributed by atoms with E-state index in [0.29, 0.717) is 6.42 Å². The van der Waals surface area contributed by atoms with Crippen molar-refractivity contribution < 1.29 is 9.59 Å². The fourth-order valence-electron chi connectivity index (χ4n) is 2.03. The van der Waals surface area contributed by atoms with Crippen LogP contribution in [0.4, 0.5) is 0 Å². The van der Waals surface area contributed by atoms with Crippen LogP contribution in [0.25, 0.3) is 0 Å². The zero-order valence-corrected chi connectivity index (χ0v) is 11.2. The molecule has 0 N–H and O–H groups in total. The lowest BCUT2D eigenvalue weighted by Crippen LogP contribution is -1.94. The summed E-state index contributed by atoms with van der Waals surface area (Å²) >= 11 is 0. The summed E-state index contributed by atoms with van der Waals surface area (Å²) < 4.78 is 0. The van der Waals surface area contributed by atoms with Gasteiger partial charge in [0.1, 0.15) is 6.29 Å². The number of ketones is 1. The molecule has 0 aliphatic carbocycles. The van der Waals surface area contributed by atoms with Crippen molar-refractivity contribution in [1.29, 1.82) is 0 Å². The van der Waals surface area contributed by atoms with Crippen molar-refractivity contribution in [3.8, 4) is 0 Å². The van der Waals surface area contributed by atoms with E-state index in [1.54, 1.807) is 6.92 Å². The third kappa shape index (κ3) is 5.76. The largest absolute Gasteiger partial charge is 0.303 e. The molecule has 0 heterocycles. The van der Waals surface area contributed by atoms with E-state index in [-0.39, 0.29) is 5.78 Å². The minimum absolute atomic E-state index is 0.130. The van der Waals surface area contributed by atoms with E-state index in [9.17, 15) is 9.59 Å². The van der Waals surface area contributed by atoms with Crippen LogP contribution in [-0.4, -0.2) is 12.1 Å². The zero-order valence-electron chi connectivity index (χ0n) is 11.2. The van der Waals surface area contributed by atoms with E-state index in [2.05, 4.69) is 6.07 Å². The summed E-state index contributed by atoms with van der Waals surface area (Å²) in [5.41, 5.74) is 2.05. The highest BCUT2D eigenvalue weighted by atomic mass is 16.1. The Labute approximate surface area is 109 Å². The molecule has 0 unspecified atom stereocenters. The molecule has 0 radical (unpaired) electrons. The molecule has 2 heteroatoms. The van der Waals surface area contributed by atoms with Crippen molar-refractivity contribution in [1.82, 2.24) is 0 Å². The van der Waals surface area contributed by atoms with Crippen molar-refractivity contribution in [3.63, 3.8) is 0 Å². The number of benzene rings is 1. The molecule has 1 rings (SSSR count). The minimum atomic E-state index is 0.130. The number of aryl methyl sites for hydroxylation is 1. The van der Waals surface area contributed by atoms with Gasteiger partial charge in [0.25, 0.3) is 0 Å². The number of hydrogen-bond acceptors (Lipinski definition) is 2. The monoisotopic (exact) mass is 246 g/mol. The van der Waals surface area contributed by atoms with Crippen LogP contribution >= 0.6 is 0 Å². The van der Waals surface area contributed by atoms with Crippen LogP contribution in [0, 0.1) is 0 Å². The molecule has 98 valence electrons. The van der Waals surface area contributed by atoms with Crippen LogP contribution in [0.5, 0.6) is 0 Å². The maximum Gasteiger partial charge on any atom is 0.159 e. The summed E-state index contributed by atoms with van der Waals surface area (Å²) in [7, 11) is 0. The molecule has 0 aliphatic rings. The molecule has 0 saturated heterocycles. The normalized spacial score (nSPS) is 10.3. The number of carbonyl (C=O) groups is 2. The predicted octanol–water partition coefficient (Wildman–Crippen LogP) is 3.97. The number of aldehydes is 1. The van der Waals surface area contributed by atoms with Crippen molar-refractivity contribution in [2.45, 2.75) is 51.9 Å². The van der Waals surface area contributed by atoms with E-state index < -0.39 is 0 Å². The first-order valence-corrected chi connectivity index (χ1v) is 6.77. The van der Waals surface area contributed by atoms with E-state index in [1.807, 2.05) is 18.2 Å². The highest BCUT2D eigenvalue weighted by molar-refractivity contribution is 5.94. The second-order valence-corrected chi connectivity index (χ2v) is 4.73. The topological polar surface area (TPSA) is 34.1 Å². The van der Waals surface area contributed by atoms with Crippen LogP contribution in [-0.2, 0) is 11.2 Å². The van der Waals surface area contributed by atoms with Crippen LogP contribution in [0.3, 0.4) is 0 Å². The van der Waals surface area contributed by atoms with Gasteiger partial charge < -0.3 is 4.79 Å².